The second-order valence-corrected chi connectivity index (χ2v) is 6.85. The number of benzene rings is 1. The molecule has 0 bridgehead atoms. The van der Waals surface area contributed by atoms with Gasteiger partial charge in [-0.25, -0.2) is 13.1 Å². The molecule has 0 unspecified atom stereocenters. The van der Waals surface area contributed by atoms with E-state index < -0.39 is 15.6 Å². The summed E-state index contributed by atoms with van der Waals surface area (Å²) in [6.07, 6.45) is 1.32. The van der Waals surface area contributed by atoms with Crippen LogP contribution in [0.5, 0.6) is 0 Å². The summed E-state index contributed by atoms with van der Waals surface area (Å²) in [4.78, 5) is 0.255. The van der Waals surface area contributed by atoms with E-state index in [1.165, 1.54) is 0 Å². The molecule has 19 heavy (non-hydrogen) atoms. The van der Waals surface area contributed by atoms with Gasteiger partial charge in [-0.1, -0.05) is 29.8 Å². The summed E-state index contributed by atoms with van der Waals surface area (Å²) in [5, 5.41) is 0. The van der Waals surface area contributed by atoms with Gasteiger partial charge in [-0.3, -0.25) is 0 Å². The first-order chi connectivity index (χ1) is 8.39. The summed E-state index contributed by atoms with van der Waals surface area (Å²) in [6.45, 7) is 4.15. The maximum absolute atomic E-state index is 12.3. The fourth-order valence-electron chi connectivity index (χ4n) is 1.68. The Morgan fingerprint density at radius 3 is 2.05 bits per heavy atom. The van der Waals surface area contributed by atoms with Crippen LogP contribution in [0, 0.1) is 0 Å². The lowest BCUT2D eigenvalue weighted by Gasteiger charge is -2.30. The van der Waals surface area contributed by atoms with Crippen LogP contribution in [-0.4, -0.2) is 20.5 Å². The van der Waals surface area contributed by atoms with E-state index >= 15 is 0 Å². The minimum absolute atomic E-state index is 0. The second kappa shape index (κ2) is 7.59. The van der Waals surface area contributed by atoms with Crippen LogP contribution in [0.25, 0.3) is 0 Å². The lowest BCUT2D eigenvalue weighted by molar-refractivity contribution is 0.363. The predicted molar refractivity (Wildman–Crippen MR) is 84.1 cm³/mol. The highest BCUT2D eigenvalue weighted by Crippen LogP contribution is 2.20. The van der Waals surface area contributed by atoms with Crippen LogP contribution in [0.15, 0.2) is 33.6 Å². The van der Waals surface area contributed by atoms with Crippen molar-refractivity contribution in [2.45, 2.75) is 37.1 Å². The number of hydrogen-bond donors (Lipinski definition) is 2. The molecule has 0 amide bonds. The number of nitrogens with one attached hydrogen (secondary N) is 1. The molecule has 0 aliphatic carbocycles. The third kappa shape index (κ3) is 4.72. The molecule has 0 aliphatic heterocycles. The Kier molecular flexibility index (Phi) is 7.54. The van der Waals surface area contributed by atoms with Gasteiger partial charge in [-0.05, 0) is 37.1 Å². The zero-order valence-corrected chi connectivity index (χ0v) is 14.2. The predicted octanol–water partition coefficient (Wildman–Crippen LogP) is 2.67. The molecule has 0 aromatic heterocycles. The van der Waals surface area contributed by atoms with Gasteiger partial charge >= 0.3 is 0 Å². The van der Waals surface area contributed by atoms with Gasteiger partial charge in [-0.2, -0.15) is 0 Å². The Hall–Kier alpha value is -0.140. The van der Waals surface area contributed by atoms with Crippen molar-refractivity contribution in [2.75, 3.05) is 6.54 Å². The summed E-state index contributed by atoms with van der Waals surface area (Å²) in [5.74, 6) is 0. The van der Waals surface area contributed by atoms with E-state index in [1.807, 2.05) is 13.8 Å². The van der Waals surface area contributed by atoms with Gasteiger partial charge in [-0.15, -0.1) is 12.4 Å². The fraction of sp³-hybridized carbons (Fsp3) is 0.500. The number of sulfonamides is 1. The molecule has 0 fully saturated rings. The highest BCUT2D eigenvalue weighted by atomic mass is 79.9. The standard InChI is InChI=1S/C12H19BrN2O2S.ClH/c1-3-12(4-2,9-14)15-18(16,17)11-7-5-10(13)6-8-11;/h5-8,15H,3-4,9,14H2,1-2H3;1H. The first-order valence-electron chi connectivity index (χ1n) is 5.89. The Morgan fingerprint density at radius 2 is 1.68 bits per heavy atom. The van der Waals surface area contributed by atoms with Gasteiger partial charge in [0.2, 0.25) is 10.0 Å². The maximum atomic E-state index is 12.3. The molecule has 0 saturated carbocycles. The Labute approximate surface area is 129 Å². The quantitative estimate of drug-likeness (QED) is 0.807. The van der Waals surface area contributed by atoms with E-state index in [9.17, 15) is 8.42 Å². The van der Waals surface area contributed by atoms with Crippen LogP contribution in [0.2, 0.25) is 0 Å². The molecule has 7 heteroatoms. The third-order valence-electron chi connectivity index (χ3n) is 3.22. The van der Waals surface area contributed by atoms with Crippen molar-refractivity contribution in [3.05, 3.63) is 28.7 Å². The molecule has 4 nitrogen and oxygen atoms in total. The summed E-state index contributed by atoms with van der Waals surface area (Å²) < 4.78 is 28.1. The van der Waals surface area contributed by atoms with Crippen LogP contribution in [0.1, 0.15) is 26.7 Å². The molecular formula is C12H20BrClN2O2S. The first kappa shape index (κ1) is 18.9. The average molecular weight is 372 g/mol. The molecule has 1 aromatic rings. The number of rotatable bonds is 6. The Bertz CT molecular complexity index is 479. The highest BCUT2D eigenvalue weighted by Gasteiger charge is 2.30. The van der Waals surface area contributed by atoms with Crippen molar-refractivity contribution >= 4 is 38.4 Å². The Morgan fingerprint density at radius 1 is 1.21 bits per heavy atom. The minimum atomic E-state index is -3.52. The molecule has 0 saturated heterocycles. The maximum Gasteiger partial charge on any atom is 0.241 e. The SMILES string of the molecule is CCC(CC)(CN)NS(=O)(=O)c1ccc(Br)cc1.Cl. The molecular weight excluding hydrogens is 352 g/mol. The zero-order chi connectivity index (χ0) is 13.8. The smallest absolute Gasteiger partial charge is 0.241 e. The van der Waals surface area contributed by atoms with Crippen molar-refractivity contribution in [1.29, 1.82) is 0 Å². The first-order valence-corrected chi connectivity index (χ1v) is 8.16. The second-order valence-electron chi connectivity index (χ2n) is 4.25. The Balaban J connectivity index is 0.00000324. The number of halogens is 2. The van der Waals surface area contributed by atoms with E-state index in [0.717, 1.165) is 4.47 Å². The van der Waals surface area contributed by atoms with E-state index in [2.05, 4.69) is 20.7 Å². The zero-order valence-electron chi connectivity index (χ0n) is 11.0. The molecule has 0 heterocycles. The van der Waals surface area contributed by atoms with Gasteiger partial charge in [0.05, 0.1) is 4.90 Å². The molecule has 1 aromatic carbocycles. The van der Waals surface area contributed by atoms with Crippen molar-refractivity contribution in [3.63, 3.8) is 0 Å². The number of nitrogens with two attached hydrogens (primary N) is 1. The highest BCUT2D eigenvalue weighted by molar-refractivity contribution is 9.10. The van der Waals surface area contributed by atoms with E-state index in [1.54, 1.807) is 24.3 Å². The molecule has 0 spiro atoms. The largest absolute Gasteiger partial charge is 0.329 e. The van der Waals surface area contributed by atoms with Gasteiger partial charge < -0.3 is 5.73 Å². The lowest BCUT2D eigenvalue weighted by atomic mass is 9.95. The van der Waals surface area contributed by atoms with E-state index in [0.29, 0.717) is 12.8 Å². The van der Waals surface area contributed by atoms with E-state index in [-0.39, 0.29) is 23.8 Å². The molecule has 0 radical (unpaired) electrons. The fourth-order valence-corrected chi connectivity index (χ4v) is 3.50. The van der Waals surface area contributed by atoms with Crippen molar-refractivity contribution < 1.29 is 8.42 Å². The summed E-state index contributed by atoms with van der Waals surface area (Å²) in [6, 6.07) is 6.55. The summed E-state index contributed by atoms with van der Waals surface area (Å²) >= 11 is 3.28. The molecule has 110 valence electrons. The molecule has 0 aliphatic rings. The minimum Gasteiger partial charge on any atom is -0.329 e. The topological polar surface area (TPSA) is 72.2 Å². The summed E-state index contributed by atoms with van der Waals surface area (Å²) in [7, 11) is -3.52. The van der Waals surface area contributed by atoms with Crippen LogP contribution in [-0.2, 0) is 10.0 Å². The van der Waals surface area contributed by atoms with E-state index in [4.69, 9.17) is 5.73 Å². The van der Waals surface area contributed by atoms with Crippen LogP contribution in [0.3, 0.4) is 0 Å². The number of hydrogen-bond acceptors (Lipinski definition) is 3. The summed E-state index contributed by atoms with van der Waals surface area (Å²) in [5.41, 5.74) is 5.14. The van der Waals surface area contributed by atoms with Gasteiger partial charge in [0.1, 0.15) is 0 Å². The van der Waals surface area contributed by atoms with Gasteiger partial charge in [0, 0.05) is 16.6 Å². The molecule has 1 rings (SSSR count). The average Bonchev–Trinajstić information content (AvgIpc) is 2.37. The third-order valence-corrected chi connectivity index (χ3v) is 5.34. The van der Waals surface area contributed by atoms with Crippen LogP contribution >= 0.6 is 28.3 Å². The van der Waals surface area contributed by atoms with Gasteiger partial charge in [0.25, 0.3) is 0 Å². The van der Waals surface area contributed by atoms with Gasteiger partial charge in [0.15, 0.2) is 0 Å². The molecule has 3 N–H and O–H groups in total. The monoisotopic (exact) mass is 370 g/mol. The molecule has 0 atom stereocenters. The van der Waals surface area contributed by atoms with Crippen LogP contribution in [0.4, 0.5) is 0 Å². The van der Waals surface area contributed by atoms with Crippen molar-refractivity contribution in [3.8, 4) is 0 Å². The normalized spacial score (nSPS) is 12.0. The van der Waals surface area contributed by atoms with Crippen molar-refractivity contribution in [2.24, 2.45) is 5.73 Å². The lowest BCUT2D eigenvalue weighted by Crippen LogP contribution is -2.52. The van der Waals surface area contributed by atoms with Crippen molar-refractivity contribution in [1.82, 2.24) is 4.72 Å². The van der Waals surface area contributed by atoms with Crippen LogP contribution < -0.4 is 10.5 Å².